The van der Waals surface area contributed by atoms with Crippen LogP contribution >= 0.6 is 0 Å². The molecule has 8 heteroatoms. The second-order valence-corrected chi connectivity index (χ2v) is 6.60. The highest BCUT2D eigenvalue weighted by molar-refractivity contribution is 7.89. The summed E-state index contributed by atoms with van der Waals surface area (Å²) in [5, 5.41) is 9.50. The van der Waals surface area contributed by atoms with Crippen molar-refractivity contribution in [2.45, 2.75) is 30.5 Å². The largest absolute Gasteiger partial charge is 0.316 e. The van der Waals surface area contributed by atoms with Gasteiger partial charge in [-0.15, -0.1) is 0 Å². The van der Waals surface area contributed by atoms with Crippen molar-refractivity contribution < 1.29 is 8.42 Å². The van der Waals surface area contributed by atoms with Crippen molar-refractivity contribution in [2.24, 2.45) is 0 Å². The first-order chi connectivity index (χ1) is 9.03. The molecule has 1 aromatic heterocycles. The van der Waals surface area contributed by atoms with E-state index in [0.717, 1.165) is 25.9 Å². The second kappa shape index (κ2) is 6.00. The molecule has 3 N–H and O–H groups in total. The summed E-state index contributed by atoms with van der Waals surface area (Å²) in [6.07, 6.45) is 3.22. The van der Waals surface area contributed by atoms with Crippen LogP contribution in [0.5, 0.6) is 0 Å². The van der Waals surface area contributed by atoms with E-state index in [1.165, 1.54) is 0 Å². The van der Waals surface area contributed by atoms with Crippen molar-refractivity contribution in [1.82, 2.24) is 25.1 Å². The molecule has 7 nitrogen and oxygen atoms in total. The zero-order chi connectivity index (χ0) is 13.9. The smallest absolute Gasteiger partial charge is 0.258 e. The Kier molecular flexibility index (Phi) is 4.56. The van der Waals surface area contributed by atoms with E-state index >= 15 is 0 Å². The van der Waals surface area contributed by atoms with Gasteiger partial charge >= 0.3 is 0 Å². The van der Waals surface area contributed by atoms with Crippen molar-refractivity contribution in [3.05, 3.63) is 11.8 Å². The molecule has 1 aromatic rings. The van der Waals surface area contributed by atoms with Gasteiger partial charge < -0.3 is 10.2 Å². The molecule has 0 atom stereocenters. The van der Waals surface area contributed by atoms with E-state index in [9.17, 15) is 8.42 Å². The lowest BCUT2D eigenvalue weighted by atomic mass is 10.1. The summed E-state index contributed by atoms with van der Waals surface area (Å²) >= 11 is 0. The van der Waals surface area contributed by atoms with Gasteiger partial charge in [0.2, 0.25) is 0 Å². The van der Waals surface area contributed by atoms with Crippen LogP contribution in [0.1, 0.15) is 18.4 Å². The minimum absolute atomic E-state index is 0.00642. The van der Waals surface area contributed by atoms with Crippen molar-refractivity contribution in [2.75, 3.05) is 27.2 Å². The first kappa shape index (κ1) is 14.4. The van der Waals surface area contributed by atoms with Crippen LogP contribution in [0, 0.1) is 0 Å². The van der Waals surface area contributed by atoms with Crippen LogP contribution < -0.4 is 10.0 Å². The van der Waals surface area contributed by atoms with Crippen molar-refractivity contribution in [3.63, 3.8) is 0 Å². The molecule has 1 aliphatic heterocycles. The minimum Gasteiger partial charge on any atom is -0.316 e. The van der Waals surface area contributed by atoms with Gasteiger partial charge in [0.25, 0.3) is 10.0 Å². The molecule has 1 aliphatic rings. The summed E-state index contributed by atoms with van der Waals surface area (Å²) in [6.45, 7) is 2.30. The first-order valence-electron chi connectivity index (χ1n) is 6.40. The van der Waals surface area contributed by atoms with E-state index in [0.29, 0.717) is 12.1 Å². The standard InChI is InChI=1S/C11H21N5O2S/c1-12-7-9-8-13-14-11(9)19(17,18)15-10-3-5-16(2)6-4-10/h8,10,12,15H,3-7H2,1-2H3,(H,13,14). The number of likely N-dealkylation sites (tertiary alicyclic amines) is 1. The Hall–Kier alpha value is -0.960. The number of sulfonamides is 1. The summed E-state index contributed by atoms with van der Waals surface area (Å²) in [7, 11) is 0.304. The van der Waals surface area contributed by atoms with Crippen LogP contribution in [0.3, 0.4) is 0 Å². The maximum Gasteiger partial charge on any atom is 0.258 e. The van der Waals surface area contributed by atoms with Gasteiger partial charge in [-0.25, -0.2) is 13.1 Å². The first-order valence-corrected chi connectivity index (χ1v) is 7.89. The van der Waals surface area contributed by atoms with Gasteiger partial charge in [-0.3, -0.25) is 5.10 Å². The number of aromatic nitrogens is 2. The van der Waals surface area contributed by atoms with Gasteiger partial charge in [-0.2, -0.15) is 5.10 Å². The predicted octanol–water partition coefficient (Wildman–Crippen LogP) is -0.498. The molecule has 1 fully saturated rings. The molecule has 0 spiro atoms. The highest BCUT2D eigenvalue weighted by Crippen LogP contribution is 2.15. The number of hydrogen-bond acceptors (Lipinski definition) is 5. The lowest BCUT2D eigenvalue weighted by Crippen LogP contribution is -2.43. The Balaban J connectivity index is 2.07. The lowest BCUT2D eigenvalue weighted by Gasteiger charge is -2.29. The molecule has 0 unspecified atom stereocenters. The summed E-state index contributed by atoms with van der Waals surface area (Å²) < 4.78 is 27.4. The maximum absolute atomic E-state index is 12.3. The number of aromatic amines is 1. The Morgan fingerprint density at radius 3 is 2.79 bits per heavy atom. The highest BCUT2D eigenvalue weighted by Gasteiger charge is 2.26. The molecule has 2 rings (SSSR count). The average Bonchev–Trinajstić information content (AvgIpc) is 2.81. The monoisotopic (exact) mass is 287 g/mol. The number of nitrogens with one attached hydrogen (secondary N) is 3. The molecule has 19 heavy (non-hydrogen) atoms. The average molecular weight is 287 g/mol. The van der Waals surface area contributed by atoms with Gasteiger partial charge in [0.15, 0.2) is 5.03 Å². The van der Waals surface area contributed by atoms with Crippen molar-refractivity contribution >= 4 is 10.0 Å². The van der Waals surface area contributed by atoms with E-state index in [1.54, 1.807) is 13.2 Å². The van der Waals surface area contributed by atoms with Crippen LogP contribution in [0.4, 0.5) is 0 Å². The third kappa shape index (κ3) is 3.53. The molecular formula is C11H21N5O2S. The molecule has 108 valence electrons. The van der Waals surface area contributed by atoms with E-state index in [1.807, 2.05) is 7.05 Å². The fourth-order valence-electron chi connectivity index (χ4n) is 2.25. The molecule has 0 radical (unpaired) electrons. The Bertz CT molecular complexity index is 505. The number of rotatable bonds is 5. The maximum atomic E-state index is 12.3. The zero-order valence-corrected chi connectivity index (χ0v) is 12.1. The van der Waals surface area contributed by atoms with Gasteiger partial charge in [-0.1, -0.05) is 0 Å². The second-order valence-electron chi connectivity index (χ2n) is 4.95. The Morgan fingerprint density at radius 2 is 2.16 bits per heavy atom. The van der Waals surface area contributed by atoms with Crippen LogP contribution in [0.25, 0.3) is 0 Å². The molecule has 2 heterocycles. The van der Waals surface area contributed by atoms with Crippen molar-refractivity contribution in [3.8, 4) is 0 Å². The molecule has 1 saturated heterocycles. The van der Waals surface area contributed by atoms with Gasteiger partial charge in [0, 0.05) is 18.2 Å². The normalized spacial score (nSPS) is 18.8. The quantitative estimate of drug-likeness (QED) is 0.679. The van der Waals surface area contributed by atoms with E-state index in [-0.39, 0.29) is 11.1 Å². The highest BCUT2D eigenvalue weighted by atomic mass is 32.2. The fourth-order valence-corrected chi connectivity index (χ4v) is 3.69. The van der Waals surface area contributed by atoms with Gasteiger partial charge in [-0.05, 0) is 40.0 Å². The third-order valence-corrected chi connectivity index (χ3v) is 4.89. The molecule has 0 saturated carbocycles. The summed E-state index contributed by atoms with van der Waals surface area (Å²) in [5.74, 6) is 0. The summed E-state index contributed by atoms with van der Waals surface area (Å²) in [6, 6.07) is 0.00642. The molecule has 0 amide bonds. The van der Waals surface area contributed by atoms with E-state index < -0.39 is 10.0 Å². The Morgan fingerprint density at radius 1 is 1.47 bits per heavy atom. The van der Waals surface area contributed by atoms with Crippen LogP contribution in [0.15, 0.2) is 11.2 Å². The van der Waals surface area contributed by atoms with Crippen LogP contribution in [0.2, 0.25) is 0 Å². The Labute approximate surface area is 113 Å². The van der Waals surface area contributed by atoms with Gasteiger partial charge in [0.1, 0.15) is 0 Å². The molecule has 0 aliphatic carbocycles. The summed E-state index contributed by atoms with van der Waals surface area (Å²) in [4.78, 5) is 2.20. The topological polar surface area (TPSA) is 90.1 Å². The molecule has 0 aromatic carbocycles. The number of H-pyrrole nitrogens is 1. The number of piperidine rings is 1. The lowest BCUT2D eigenvalue weighted by molar-refractivity contribution is 0.248. The molecular weight excluding hydrogens is 266 g/mol. The van der Waals surface area contributed by atoms with E-state index in [2.05, 4.69) is 25.1 Å². The SMILES string of the molecule is CNCc1cn[nH]c1S(=O)(=O)NC1CCN(C)CC1. The van der Waals surface area contributed by atoms with E-state index in [4.69, 9.17) is 0 Å². The van der Waals surface area contributed by atoms with Gasteiger partial charge in [0.05, 0.1) is 6.20 Å². The summed E-state index contributed by atoms with van der Waals surface area (Å²) in [5.41, 5.74) is 0.655. The predicted molar refractivity (Wildman–Crippen MR) is 72.2 cm³/mol. The van der Waals surface area contributed by atoms with Crippen molar-refractivity contribution in [1.29, 1.82) is 0 Å². The fraction of sp³-hybridized carbons (Fsp3) is 0.727. The minimum atomic E-state index is -3.51. The zero-order valence-electron chi connectivity index (χ0n) is 11.3. The van der Waals surface area contributed by atoms with Crippen LogP contribution in [-0.2, 0) is 16.6 Å². The number of nitrogens with zero attached hydrogens (tertiary/aromatic N) is 2. The number of hydrogen-bond donors (Lipinski definition) is 3. The van der Waals surface area contributed by atoms with Crippen LogP contribution in [-0.4, -0.2) is 56.7 Å². The molecule has 0 bridgehead atoms. The third-order valence-electron chi connectivity index (χ3n) is 3.35.